The second kappa shape index (κ2) is 6.43. The number of halogens is 1. The third-order valence-corrected chi connectivity index (χ3v) is 4.22. The molecule has 6 heteroatoms. The van der Waals surface area contributed by atoms with Crippen molar-refractivity contribution >= 4 is 11.6 Å². The topological polar surface area (TPSA) is 50.5 Å². The van der Waals surface area contributed by atoms with E-state index in [1.54, 1.807) is 10.9 Å². The third-order valence-electron chi connectivity index (χ3n) is 3.93. The van der Waals surface area contributed by atoms with Gasteiger partial charge in [0.2, 0.25) is 0 Å². The summed E-state index contributed by atoms with van der Waals surface area (Å²) >= 11 is 6.22. The van der Waals surface area contributed by atoms with Crippen molar-refractivity contribution < 1.29 is 9.84 Å². The molecule has 114 valence electrons. The molecular formula is C14H24ClN3O2. The number of likely N-dealkylation sites (N-methyl/N-ethyl adjacent to an activating group) is 1. The van der Waals surface area contributed by atoms with Gasteiger partial charge in [0.15, 0.2) is 0 Å². The molecule has 2 heterocycles. The Labute approximate surface area is 125 Å². The summed E-state index contributed by atoms with van der Waals surface area (Å²) in [4.78, 5) is 2.07. The van der Waals surface area contributed by atoms with Crippen molar-refractivity contribution in [3.05, 3.63) is 16.9 Å². The van der Waals surface area contributed by atoms with Gasteiger partial charge in [-0.05, 0) is 40.3 Å². The Bertz CT molecular complexity index is 442. The van der Waals surface area contributed by atoms with E-state index in [9.17, 15) is 5.11 Å². The monoisotopic (exact) mass is 301 g/mol. The van der Waals surface area contributed by atoms with E-state index in [0.29, 0.717) is 23.9 Å². The Kier molecular flexibility index (Phi) is 5.07. The van der Waals surface area contributed by atoms with E-state index < -0.39 is 11.7 Å². The van der Waals surface area contributed by atoms with Gasteiger partial charge in [0, 0.05) is 13.2 Å². The Balaban J connectivity index is 2.19. The average molecular weight is 302 g/mol. The van der Waals surface area contributed by atoms with Gasteiger partial charge in [0.05, 0.1) is 29.1 Å². The molecule has 0 aliphatic carbocycles. The molecule has 0 bridgehead atoms. The molecule has 0 saturated carbocycles. The van der Waals surface area contributed by atoms with E-state index in [2.05, 4.69) is 10.00 Å². The van der Waals surface area contributed by atoms with Crippen LogP contribution in [0.4, 0.5) is 0 Å². The summed E-state index contributed by atoms with van der Waals surface area (Å²) < 4.78 is 7.61. The molecule has 0 amide bonds. The maximum absolute atomic E-state index is 10.7. The lowest BCUT2D eigenvalue weighted by Crippen LogP contribution is -2.40. The Hall–Kier alpha value is -0.620. The molecule has 1 aliphatic heterocycles. The van der Waals surface area contributed by atoms with Crippen LogP contribution in [0.5, 0.6) is 0 Å². The molecule has 1 aliphatic rings. The zero-order valence-corrected chi connectivity index (χ0v) is 13.2. The minimum atomic E-state index is -0.750. The van der Waals surface area contributed by atoms with Crippen LogP contribution in [0.15, 0.2) is 6.20 Å². The number of aliphatic hydroxyl groups is 1. The van der Waals surface area contributed by atoms with Crippen molar-refractivity contribution in [3.8, 4) is 0 Å². The standard InChI is InChI=1S/C14H24ClN3O2/c1-14(6-4-5-9-20-14)13(19)12-11(15)10-16-18(12)8-7-17(2)3/h10,13,19H,4-9H2,1-3H3. The van der Waals surface area contributed by atoms with Crippen LogP contribution in [0, 0.1) is 0 Å². The Morgan fingerprint density at radius 2 is 2.30 bits per heavy atom. The number of aromatic nitrogens is 2. The minimum Gasteiger partial charge on any atom is -0.384 e. The molecule has 1 aromatic heterocycles. The van der Waals surface area contributed by atoms with Crippen LogP contribution in [-0.2, 0) is 11.3 Å². The molecule has 0 aromatic carbocycles. The first-order chi connectivity index (χ1) is 9.44. The van der Waals surface area contributed by atoms with E-state index in [1.807, 2.05) is 21.0 Å². The number of hydrogen-bond acceptors (Lipinski definition) is 4. The van der Waals surface area contributed by atoms with Gasteiger partial charge in [0.1, 0.15) is 6.10 Å². The second-order valence-electron chi connectivity index (χ2n) is 5.92. The molecule has 1 saturated heterocycles. The van der Waals surface area contributed by atoms with Gasteiger partial charge >= 0.3 is 0 Å². The molecule has 2 atom stereocenters. The van der Waals surface area contributed by atoms with Gasteiger partial charge in [-0.1, -0.05) is 11.6 Å². The van der Waals surface area contributed by atoms with Crippen LogP contribution in [0.3, 0.4) is 0 Å². The number of aliphatic hydroxyl groups excluding tert-OH is 1. The lowest BCUT2D eigenvalue weighted by Gasteiger charge is -2.38. The van der Waals surface area contributed by atoms with Crippen molar-refractivity contribution in [1.82, 2.24) is 14.7 Å². The van der Waals surface area contributed by atoms with E-state index in [-0.39, 0.29) is 0 Å². The van der Waals surface area contributed by atoms with Crippen LogP contribution in [0.2, 0.25) is 5.02 Å². The zero-order valence-electron chi connectivity index (χ0n) is 12.5. The summed E-state index contributed by atoms with van der Waals surface area (Å²) in [6.45, 7) is 4.19. The van der Waals surface area contributed by atoms with E-state index in [1.165, 1.54) is 0 Å². The minimum absolute atomic E-state index is 0.506. The van der Waals surface area contributed by atoms with Crippen LogP contribution in [0.1, 0.15) is 38.0 Å². The summed E-state index contributed by atoms with van der Waals surface area (Å²) in [5, 5.41) is 15.5. The van der Waals surface area contributed by atoms with Crippen molar-refractivity contribution in [2.75, 3.05) is 27.2 Å². The smallest absolute Gasteiger partial charge is 0.126 e. The average Bonchev–Trinajstić information content (AvgIpc) is 2.77. The number of nitrogens with zero attached hydrogens (tertiary/aromatic N) is 3. The highest BCUT2D eigenvalue weighted by molar-refractivity contribution is 6.31. The number of hydrogen-bond donors (Lipinski definition) is 1. The molecule has 0 spiro atoms. The zero-order chi connectivity index (χ0) is 14.8. The summed E-state index contributed by atoms with van der Waals surface area (Å²) in [6.07, 6.45) is 3.80. The molecule has 5 nitrogen and oxygen atoms in total. The van der Waals surface area contributed by atoms with Gasteiger partial charge < -0.3 is 14.7 Å². The maximum atomic E-state index is 10.7. The van der Waals surface area contributed by atoms with Gasteiger partial charge in [0.25, 0.3) is 0 Å². The maximum Gasteiger partial charge on any atom is 0.126 e. The first-order valence-electron chi connectivity index (χ1n) is 7.12. The molecular weight excluding hydrogens is 278 g/mol. The van der Waals surface area contributed by atoms with E-state index >= 15 is 0 Å². The first kappa shape index (κ1) is 15.8. The normalized spacial score (nSPS) is 25.1. The molecule has 1 fully saturated rings. The summed E-state index contributed by atoms with van der Waals surface area (Å²) in [5.41, 5.74) is 0.0931. The van der Waals surface area contributed by atoms with Crippen LogP contribution in [0.25, 0.3) is 0 Å². The highest BCUT2D eigenvalue weighted by atomic mass is 35.5. The molecule has 1 aromatic rings. The molecule has 2 rings (SSSR count). The first-order valence-corrected chi connectivity index (χ1v) is 7.50. The van der Waals surface area contributed by atoms with E-state index in [0.717, 1.165) is 25.8 Å². The third kappa shape index (κ3) is 3.34. The molecule has 20 heavy (non-hydrogen) atoms. The summed E-state index contributed by atoms with van der Waals surface area (Å²) in [7, 11) is 4.01. The molecule has 2 unspecified atom stereocenters. The highest BCUT2D eigenvalue weighted by Gasteiger charge is 2.39. The summed E-state index contributed by atoms with van der Waals surface area (Å²) in [5.74, 6) is 0. The van der Waals surface area contributed by atoms with Crippen molar-refractivity contribution in [2.45, 2.75) is 44.4 Å². The van der Waals surface area contributed by atoms with Gasteiger partial charge in [-0.25, -0.2) is 0 Å². The lowest BCUT2D eigenvalue weighted by molar-refractivity contribution is -0.140. The van der Waals surface area contributed by atoms with Crippen LogP contribution < -0.4 is 0 Å². The van der Waals surface area contributed by atoms with Crippen molar-refractivity contribution in [2.24, 2.45) is 0 Å². The quantitative estimate of drug-likeness (QED) is 0.905. The second-order valence-corrected chi connectivity index (χ2v) is 6.33. The predicted octanol–water partition coefficient (Wildman–Crippen LogP) is 2.09. The van der Waals surface area contributed by atoms with Gasteiger partial charge in [-0.2, -0.15) is 5.10 Å². The highest BCUT2D eigenvalue weighted by Crippen LogP contribution is 2.38. The fourth-order valence-electron chi connectivity index (χ4n) is 2.58. The lowest BCUT2D eigenvalue weighted by atomic mass is 9.88. The van der Waals surface area contributed by atoms with Crippen molar-refractivity contribution in [1.29, 1.82) is 0 Å². The largest absolute Gasteiger partial charge is 0.384 e. The molecule has 1 N–H and O–H groups in total. The fourth-order valence-corrected chi connectivity index (χ4v) is 2.82. The van der Waals surface area contributed by atoms with Gasteiger partial charge in [-0.3, -0.25) is 4.68 Å². The SMILES string of the molecule is CN(C)CCn1ncc(Cl)c1C(O)C1(C)CCCCO1. The molecule has 0 radical (unpaired) electrons. The Morgan fingerprint density at radius 1 is 1.55 bits per heavy atom. The fraction of sp³-hybridized carbons (Fsp3) is 0.786. The number of rotatable bonds is 5. The van der Waals surface area contributed by atoms with Crippen molar-refractivity contribution in [3.63, 3.8) is 0 Å². The predicted molar refractivity (Wildman–Crippen MR) is 79.0 cm³/mol. The number of ether oxygens (including phenoxy) is 1. The van der Waals surface area contributed by atoms with Crippen LogP contribution >= 0.6 is 11.6 Å². The Morgan fingerprint density at radius 3 is 2.90 bits per heavy atom. The summed E-state index contributed by atoms with van der Waals surface area (Å²) in [6, 6.07) is 0. The van der Waals surface area contributed by atoms with Crippen LogP contribution in [-0.4, -0.2) is 52.6 Å². The van der Waals surface area contributed by atoms with Gasteiger partial charge in [-0.15, -0.1) is 0 Å². The van der Waals surface area contributed by atoms with E-state index in [4.69, 9.17) is 16.3 Å².